The molecule has 2 amide bonds. The third-order valence-electron chi connectivity index (χ3n) is 3.50. The molecule has 1 aliphatic rings. The molecule has 0 spiro atoms. The summed E-state index contributed by atoms with van der Waals surface area (Å²) in [6, 6.07) is 5.26. The number of anilines is 1. The van der Waals surface area contributed by atoms with E-state index in [0.29, 0.717) is 5.69 Å². The van der Waals surface area contributed by atoms with Gasteiger partial charge in [0.05, 0.1) is 5.69 Å². The molecule has 2 rings (SSSR count). The fourth-order valence-electron chi connectivity index (χ4n) is 2.25. The average molecular weight is 361 g/mol. The Kier molecular flexibility index (Phi) is 7.84. The second-order valence-corrected chi connectivity index (χ2v) is 6.95. The highest BCUT2D eigenvalue weighted by Gasteiger charge is 2.19. The number of amides is 2. The van der Waals surface area contributed by atoms with Gasteiger partial charge in [0.15, 0.2) is 5.69 Å². The third kappa shape index (κ3) is 7.38. The summed E-state index contributed by atoms with van der Waals surface area (Å²) >= 11 is 0. The number of aromatic nitrogens is 1. The predicted octanol–water partition coefficient (Wildman–Crippen LogP) is 1.94. The Labute approximate surface area is 154 Å². The maximum Gasteiger partial charge on any atom is 0.408 e. The maximum atomic E-state index is 11.0. The first-order valence-corrected chi connectivity index (χ1v) is 8.53. The molecule has 8 nitrogen and oxygen atoms in total. The van der Waals surface area contributed by atoms with E-state index in [4.69, 9.17) is 15.7 Å². The fourth-order valence-corrected chi connectivity index (χ4v) is 2.25. The van der Waals surface area contributed by atoms with Crippen molar-refractivity contribution in [3.8, 4) is 6.07 Å². The number of primary amides is 1. The molecule has 0 radical (unpaired) electrons. The highest BCUT2D eigenvalue weighted by molar-refractivity contribution is 5.83. The van der Waals surface area contributed by atoms with Crippen LogP contribution >= 0.6 is 0 Å². The molecule has 1 aromatic rings. The molecule has 1 saturated heterocycles. The Morgan fingerprint density at radius 1 is 1.38 bits per heavy atom. The third-order valence-corrected chi connectivity index (χ3v) is 3.50. The smallest absolute Gasteiger partial charge is 0.408 e. The summed E-state index contributed by atoms with van der Waals surface area (Å²) in [5, 5.41) is 11.1. The Balaban J connectivity index is 0.000000260. The largest absolute Gasteiger partial charge is 0.444 e. The molecule has 142 valence electrons. The highest BCUT2D eigenvalue weighted by Crippen LogP contribution is 2.21. The number of ether oxygens (including phenoxy) is 1. The Hall–Kier alpha value is -2.82. The van der Waals surface area contributed by atoms with Crippen LogP contribution in [0.3, 0.4) is 0 Å². The van der Waals surface area contributed by atoms with E-state index in [9.17, 15) is 9.59 Å². The number of rotatable bonds is 3. The number of nitrogens with zero attached hydrogens (tertiary/aromatic N) is 3. The number of hydrogen-bond acceptors (Lipinski definition) is 6. The summed E-state index contributed by atoms with van der Waals surface area (Å²) in [6.45, 7) is 8.82. The zero-order valence-electron chi connectivity index (χ0n) is 15.8. The van der Waals surface area contributed by atoms with Crippen molar-refractivity contribution in [1.29, 1.82) is 5.26 Å². The molecule has 0 bridgehead atoms. The Morgan fingerprint density at radius 2 is 2.00 bits per heavy atom. The molecule has 8 heteroatoms. The summed E-state index contributed by atoms with van der Waals surface area (Å²) in [4.78, 5) is 27.9. The Morgan fingerprint density at radius 3 is 2.50 bits per heavy atom. The van der Waals surface area contributed by atoms with Crippen LogP contribution in [0.5, 0.6) is 0 Å². The van der Waals surface area contributed by atoms with E-state index in [1.54, 1.807) is 27.0 Å². The van der Waals surface area contributed by atoms with Crippen LogP contribution < -0.4 is 16.0 Å². The zero-order chi connectivity index (χ0) is 19.7. The lowest BCUT2D eigenvalue weighted by molar-refractivity contribution is -0.119. The SMILES string of the molecule is CC(NC(=O)OC(C)(C)C)C(N)=O.N#Cc1ncccc1N1CCCC1. The van der Waals surface area contributed by atoms with Gasteiger partial charge in [-0.1, -0.05) is 0 Å². The van der Waals surface area contributed by atoms with Crippen molar-refractivity contribution in [2.75, 3.05) is 18.0 Å². The van der Waals surface area contributed by atoms with Crippen LogP contribution in [-0.2, 0) is 9.53 Å². The molecule has 0 aromatic carbocycles. The first-order valence-electron chi connectivity index (χ1n) is 8.53. The van der Waals surface area contributed by atoms with Crippen molar-refractivity contribution in [1.82, 2.24) is 10.3 Å². The van der Waals surface area contributed by atoms with Crippen molar-refractivity contribution < 1.29 is 14.3 Å². The molecule has 1 unspecified atom stereocenters. The van der Waals surface area contributed by atoms with Gasteiger partial charge >= 0.3 is 6.09 Å². The lowest BCUT2D eigenvalue weighted by atomic mass is 10.2. The number of pyridine rings is 1. The van der Waals surface area contributed by atoms with Crippen molar-refractivity contribution in [2.45, 2.75) is 52.2 Å². The first kappa shape index (κ1) is 21.2. The van der Waals surface area contributed by atoms with Crippen molar-refractivity contribution in [3.05, 3.63) is 24.0 Å². The molecule has 26 heavy (non-hydrogen) atoms. The van der Waals surface area contributed by atoms with E-state index in [2.05, 4.69) is 21.3 Å². The first-order chi connectivity index (χ1) is 12.1. The molecule has 1 fully saturated rings. The minimum absolute atomic E-state index is 0.546. The molecular weight excluding hydrogens is 334 g/mol. The topological polar surface area (TPSA) is 121 Å². The molecule has 1 aromatic heterocycles. The van der Waals surface area contributed by atoms with Crippen molar-refractivity contribution >= 4 is 17.7 Å². The summed E-state index contributed by atoms with van der Waals surface area (Å²) in [6.07, 6.45) is 3.47. The predicted molar refractivity (Wildman–Crippen MR) is 98.4 cm³/mol. The van der Waals surface area contributed by atoms with Gasteiger partial charge in [-0.2, -0.15) is 5.26 Å². The maximum absolute atomic E-state index is 11.0. The van der Waals surface area contributed by atoms with Crippen LogP contribution in [0.25, 0.3) is 0 Å². The molecule has 0 aliphatic carbocycles. The monoisotopic (exact) mass is 361 g/mol. The highest BCUT2D eigenvalue weighted by atomic mass is 16.6. The number of nitrogens with two attached hydrogens (primary N) is 1. The number of carbonyl (C=O) groups is 2. The Bertz CT molecular complexity index is 658. The standard InChI is InChI=1S/C10H11N3.C8H16N2O3/c11-8-9-10(4-3-5-12-9)13-6-1-2-7-13;1-5(6(9)11)10-7(12)13-8(2,3)4/h3-5H,1-2,6-7H2;5H,1-4H3,(H2,9,11)(H,10,12). The van der Waals surface area contributed by atoms with Gasteiger partial charge in [0.2, 0.25) is 5.91 Å². The fraction of sp³-hybridized carbons (Fsp3) is 0.556. The minimum Gasteiger partial charge on any atom is -0.444 e. The average Bonchev–Trinajstić information content (AvgIpc) is 3.07. The van der Waals surface area contributed by atoms with Gasteiger partial charge in [0, 0.05) is 19.3 Å². The van der Waals surface area contributed by atoms with Gasteiger partial charge < -0.3 is 20.7 Å². The molecule has 3 N–H and O–H groups in total. The van der Waals surface area contributed by atoms with Crippen molar-refractivity contribution in [3.63, 3.8) is 0 Å². The summed E-state index contributed by atoms with van der Waals surface area (Å²) in [5.74, 6) is -0.592. The van der Waals surface area contributed by atoms with E-state index in [1.165, 1.54) is 19.8 Å². The van der Waals surface area contributed by atoms with E-state index >= 15 is 0 Å². The molecule has 2 heterocycles. The lowest BCUT2D eigenvalue weighted by Crippen LogP contribution is -2.44. The van der Waals surface area contributed by atoms with E-state index in [-0.39, 0.29) is 0 Å². The molecule has 1 atom stereocenters. The number of hydrogen-bond donors (Lipinski definition) is 2. The van der Waals surface area contributed by atoms with Gasteiger partial charge in [-0.05, 0) is 52.7 Å². The van der Waals surface area contributed by atoms with Crippen LogP contribution in [0.1, 0.15) is 46.2 Å². The van der Waals surface area contributed by atoms with Gasteiger partial charge in [-0.3, -0.25) is 4.79 Å². The van der Waals surface area contributed by atoms with Crippen LogP contribution in [-0.4, -0.2) is 41.7 Å². The van der Waals surface area contributed by atoms with Gasteiger partial charge in [0.25, 0.3) is 0 Å². The summed E-state index contributed by atoms with van der Waals surface area (Å²) in [7, 11) is 0. The number of nitriles is 1. The normalized spacial score (nSPS) is 14.5. The molecule has 0 saturated carbocycles. The summed E-state index contributed by atoms with van der Waals surface area (Å²) < 4.78 is 4.90. The van der Waals surface area contributed by atoms with E-state index in [1.807, 2.05) is 12.1 Å². The quantitative estimate of drug-likeness (QED) is 0.848. The number of carbonyl (C=O) groups excluding carboxylic acids is 2. The number of nitrogens with one attached hydrogen (secondary N) is 1. The van der Waals surface area contributed by atoms with Gasteiger partial charge in [-0.15, -0.1) is 0 Å². The molecular formula is C18H27N5O3. The van der Waals surface area contributed by atoms with Crippen LogP contribution in [0, 0.1) is 11.3 Å². The van der Waals surface area contributed by atoms with E-state index < -0.39 is 23.6 Å². The zero-order valence-corrected chi connectivity index (χ0v) is 15.8. The van der Waals surface area contributed by atoms with Crippen LogP contribution in [0.4, 0.5) is 10.5 Å². The second-order valence-electron chi connectivity index (χ2n) is 6.95. The van der Waals surface area contributed by atoms with Crippen molar-refractivity contribution in [2.24, 2.45) is 5.73 Å². The van der Waals surface area contributed by atoms with E-state index in [0.717, 1.165) is 18.8 Å². The lowest BCUT2D eigenvalue weighted by Gasteiger charge is -2.20. The summed E-state index contributed by atoms with van der Waals surface area (Å²) in [5.41, 5.74) is 5.90. The van der Waals surface area contributed by atoms with Gasteiger partial charge in [-0.25, -0.2) is 9.78 Å². The van der Waals surface area contributed by atoms with Gasteiger partial charge in [0.1, 0.15) is 17.7 Å². The number of alkyl carbamates (subject to hydrolysis) is 1. The van der Waals surface area contributed by atoms with Crippen LogP contribution in [0.15, 0.2) is 18.3 Å². The second kappa shape index (κ2) is 9.61. The molecule has 1 aliphatic heterocycles. The minimum atomic E-state index is -0.713. The van der Waals surface area contributed by atoms with Crippen LogP contribution in [0.2, 0.25) is 0 Å².